The van der Waals surface area contributed by atoms with E-state index in [1.165, 1.54) is 13.2 Å². The zero-order valence-corrected chi connectivity index (χ0v) is 8.86. The number of rotatable bonds is 3. The van der Waals surface area contributed by atoms with Crippen molar-refractivity contribution in [1.82, 2.24) is 0 Å². The number of methoxy groups -OCH3 is 1. The van der Waals surface area contributed by atoms with E-state index in [1.807, 2.05) is 6.92 Å². The molecule has 80 valence electrons. The van der Waals surface area contributed by atoms with Gasteiger partial charge in [-0.25, -0.2) is 4.79 Å². The Labute approximate surface area is 89.0 Å². The molecule has 0 saturated carbocycles. The number of phenolic OH excluding ortho intramolecular Hbond substituents is 1. The summed E-state index contributed by atoms with van der Waals surface area (Å²) in [5.74, 6) is -0.572. The van der Waals surface area contributed by atoms with Gasteiger partial charge in [0, 0.05) is 11.5 Å². The van der Waals surface area contributed by atoms with E-state index < -0.39 is 5.97 Å². The highest BCUT2D eigenvalue weighted by molar-refractivity contribution is 5.92. The molecule has 0 amide bonds. The lowest BCUT2D eigenvalue weighted by Gasteiger charge is -2.11. The molecule has 3 nitrogen and oxygen atoms in total. The highest BCUT2D eigenvalue weighted by atomic mass is 16.5. The summed E-state index contributed by atoms with van der Waals surface area (Å²) in [4.78, 5) is 11.3. The molecule has 0 aliphatic heterocycles. The maximum absolute atomic E-state index is 11.3. The van der Waals surface area contributed by atoms with Crippen LogP contribution in [0.3, 0.4) is 0 Å². The number of esters is 1. The number of para-hydroxylation sites is 1. The van der Waals surface area contributed by atoms with Crippen molar-refractivity contribution < 1.29 is 14.6 Å². The predicted molar refractivity (Wildman–Crippen MR) is 58.1 cm³/mol. The van der Waals surface area contributed by atoms with Gasteiger partial charge in [-0.05, 0) is 6.07 Å². The Hall–Kier alpha value is -1.77. The maximum Gasteiger partial charge on any atom is 0.341 e. The van der Waals surface area contributed by atoms with Gasteiger partial charge in [-0.3, -0.25) is 0 Å². The average Bonchev–Trinajstić information content (AvgIpc) is 2.27. The summed E-state index contributed by atoms with van der Waals surface area (Å²) >= 11 is 0. The van der Waals surface area contributed by atoms with Crippen molar-refractivity contribution in [3.8, 4) is 5.75 Å². The van der Waals surface area contributed by atoms with Crippen LogP contribution in [-0.2, 0) is 4.74 Å². The Bertz CT molecular complexity index is 382. The highest BCUT2D eigenvalue weighted by Gasteiger charge is 2.16. The predicted octanol–water partition coefficient (Wildman–Crippen LogP) is 2.47. The van der Waals surface area contributed by atoms with Crippen LogP contribution in [0, 0.1) is 0 Å². The minimum atomic E-state index is -0.536. The Morgan fingerprint density at radius 1 is 1.60 bits per heavy atom. The van der Waals surface area contributed by atoms with E-state index in [1.54, 1.807) is 18.2 Å². The van der Waals surface area contributed by atoms with Crippen molar-refractivity contribution in [3.63, 3.8) is 0 Å². The van der Waals surface area contributed by atoms with Gasteiger partial charge in [-0.1, -0.05) is 25.1 Å². The Morgan fingerprint density at radius 3 is 2.80 bits per heavy atom. The van der Waals surface area contributed by atoms with E-state index in [9.17, 15) is 9.90 Å². The molecule has 0 saturated heterocycles. The van der Waals surface area contributed by atoms with Crippen LogP contribution in [0.2, 0.25) is 0 Å². The molecule has 1 atom stereocenters. The van der Waals surface area contributed by atoms with Gasteiger partial charge in [0.1, 0.15) is 11.3 Å². The summed E-state index contributed by atoms with van der Waals surface area (Å²) in [6.07, 6.45) is 1.70. The van der Waals surface area contributed by atoms with Gasteiger partial charge in [0.2, 0.25) is 0 Å². The van der Waals surface area contributed by atoms with Crippen molar-refractivity contribution in [1.29, 1.82) is 0 Å². The maximum atomic E-state index is 11.3. The second kappa shape index (κ2) is 4.64. The molecule has 0 aliphatic carbocycles. The third-order valence-electron chi connectivity index (χ3n) is 2.32. The Morgan fingerprint density at radius 2 is 2.27 bits per heavy atom. The molecule has 1 rings (SSSR count). The molecule has 0 spiro atoms. The molecule has 1 aromatic carbocycles. The van der Waals surface area contributed by atoms with Gasteiger partial charge < -0.3 is 9.84 Å². The van der Waals surface area contributed by atoms with E-state index in [0.29, 0.717) is 5.56 Å². The molecule has 0 radical (unpaired) electrons. The van der Waals surface area contributed by atoms with Gasteiger partial charge in [-0.15, -0.1) is 6.58 Å². The molecule has 1 aromatic rings. The van der Waals surface area contributed by atoms with E-state index >= 15 is 0 Å². The van der Waals surface area contributed by atoms with Crippen LogP contribution in [0.25, 0.3) is 0 Å². The van der Waals surface area contributed by atoms with Crippen LogP contribution in [-0.4, -0.2) is 18.2 Å². The van der Waals surface area contributed by atoms with Gasteiger partial charge in [0.25, 0.3) is 0 Å². The molecule has 1 unspecified atom stereocenters. The van der Waals surface area contributed by atoms with Crippen molar-refractivity contribution in [2.75, 3.05) is 7.11 Å². The quantitative estimate of drug-likeness (QED) is 0.610. The zero-order valence-electron chi connectivity index (χ0n) is 8.86. The van der Waals surface area contributed by atoms with Crippen molar-refractivity contribution in [2.24, 2.45) is 0 Å². The number of hydrogen-bond donors (Lipinski definition) is 1. The second-order valence-electron chi connectivity index (χ2n) is 3.26. The topological polar surface area (TPSA) is 46.5 Å². The standard InChI is InChI=1S/C12H14O3/c1-4-8(2)9-6-5-7-10(11(9)13)12(14)15-3/h4-8,13H,1H2,2-3H3. The lowest BCUT2D eigenvalue weighted by Crippen LogP contribution is -2.03. The normalized spacial score (nSPS) is 11.9. The number of carbonyl (C=O) groups excluding carboxylic acids is 1. The fraction of sp³-hybridized carbons (Fsp3) is 0.250. The number of benzene rings is 1. The summed E-state index contributed by atoms with van der Waals surface area (Å²) in [5, 5.41) is 9.84. The molecule has 0 fully saturated rings. The fourth-order valence-corrected chi connectivity index (χ4v) is 1.33. The number of hydrogen-bond acceptors (Lipinski definition) is 3. The molecule has 1 N–H and O–H groups in total. The van der Waals surface area contributed by atoms with Crippen molar-refractivity contribution >= 4 is 5.97 Å². The average molecular weight is 206 g/mol. The number of carbonyl (C=O) groups is 1. The first-order chi connectivity index (χ1) is 7.11. The lowest BCUT2D eigenvalue weighted by molar-refractivity contribution is 0.0597. The van der Waals surface area contributed by atoms with Gasteiger partial charge in [0.15, 0.2) is 0 Å². The molecule has 0 bridgehead atoms. The smallest absolute Gasteiger partial charge is 0.341 e. The second-order valence-corrected chi connectivity index (χ2v) is 3.26. The van der Waals surface area contributed by atoms with Crippen molar-refractivity contribution in [2.45, 2.75) is 12.8 Å². The van der Waals surface area contributed by atoms with Gasteiger partial charge in [0.05, 0.1) is 7.11 Å². The van der Waals surface area contributed by atoms with E-state index in [4.69, 9.17) is 0 Å². The van der Waals surface area contributed by atoms with Crippen LogP contribution >= 0.6 is 0 Å². The largest absolute Gasteiger partial charge is 0.507 e. The summed E-state index contributed by atoms with van der Waals surface area (Å²) < 4.78 is 4.56. The summed E-state index contributed by atoms with van der Waals surface area (Å²) in [5.41, 5.74) is 0.858. The van der Waals surface area contributed by atoms with E-state index in [2.05, 4.69) is 11.3 Å². The molecule has 0 aromatic heterocycles. The van der Waals surface area contributed by atoms with Crippen LogP contribution in [0.5, 0.6) is 5.75 Å². The molecule has 3 heteroatoms. The molecule has 0 heterocycles. The fourth-order valence-electron chi connectivity index (χ4n) is 1.33. The summed E-state index contributed by atoms with van der Waals surface area (Å²) in [7, 11) is 1.28. The first-order valence-electron chi connectivity index (χ1n) is 4.64. The Kier molecular flexibility index (Phi) is 3.50. The number of aromatic hydroxyl groups is 1. The minimum absolute atomic E-state index is 0.00499. The third-order valence-corrected chi connectivity index (χ3v) is 2.32. The molecule has 0 aliphatic rings. The van der Waals surface area contributed by atoms with Crippen molar-refractivity contribution in [3.05, 3.63) is 42.0 Å². The van der Waals surface area contributed by atoms with Crippen LogP contribution in [0.15, 0.2) is 30.9 Å². The van der Waals surface area contributed by atoms with Gasteiger partial charge in [-0.2, -0.15) is 0 Å². The monoisotopic (exact) mass is 206 g/mol. The Balaban J connectivity index is 3.22. The summed E-state index contributed by atoms with van der Waals surface area (Å²) in [6.45, 7) is 5.54. The first kappa shape index (κ1) is 11.3. The number of ether oxygens (including phenoxy) is 1. The number of phenols is 1. The van der Waals surface area contributed by atoms with Crippen LogP contribution < -0.4 is 0 Å². The molecular weight excluding hydrogens is 192 g/mol. The first-order valence-corrected chi connectivity index (χ1v) is 4.64. The van der Waals surface area contributed by atoms with E-state index in [0.717, 1.165) is 0 Å². The lowest BCUT2D eigenvalue weighted by atomic mass is 9.98. The van der Waals surface area contributed by atoms with Crippen LogP contribution in [0.1, 0.15) is 28.8 Å². The highest BCUT2D eigenvalue weighted by Crippen LogP contribution is 2.29. The minimum Gasteiger partial charge on any atom is -0.507 e. The van der Waals surface area contributed by atoms with Crippen LogP contribution in [0.4, 0.5) is 0 Å². The van der Waals surface area contributed by atoms with Gasteiger partial charge >= 0.3 is 5.97 Å². The third kappa shape index (κ3) is 2.18. The molecule has 15 heavy (non-hydrogen) atoms. The van der Waals surface area contributed by atoms with E-state index in [-0.39, 0.29) is 17.2 Å². The zero-order chi connectivity index (χ0) is 11.4. The SMILES string of the molecule is C=CC(C)c1cccc(C(=O)OC)c1O. The molecular formula is C12H14O3. The summed E-state index contributed by atoms with van der Waals surface area (Å²) in [6, 6.07) is 5.00. The number of allylic oxidation sites excluding steroid dienone is 1.